The number of hydrogen-bond donors (Lipinski definition) is 2. The summed E-state index contributed by atoms with van der Waals surface area (Å²) in [5, 5.41) is 0. The predicted octanol–water partition coefficient (Wildman–Crippen LogP) is 2.68. The zero-order chi connectivity index (χ0) is 18.9. The molecule has 0 saturated carbocycles. The number of benzene rings is 2. The first-order valence-corrected chi connectivity index (χ1v) is 8.67. The van der Waals surface area contributed by atoms with Gasteiger partial charge in [0.1, 0.15) is 5.75 Å². The molecule has 6 nitrogen and oxygen atoms in total. The molecular formula is C20H25N3O3. The number of hydrogen-bond acceptors (Lipinski definition) is 4. The van der Waals surface area contributed by atoms with Crippen molar-refractivity contribution in [2.45, 2.75) is 20.8 Å². The molecule has 0 spiro atoms. The van der Waals surface area contributed by atoms with Gasteiger partial charge in [0.2, 0.25) is 0 Å². The number of ether oxygens (including phenoxy) is 1. The molecule has 2 amide bonds. The number of amides is 2. The van der Waals surface area contributed by atoms with Crippen molar-refractivity contribution < 1.29 is 14.3 Å². The van der Waals surface area contributed by atoms with Gasteiger partial charge >= 0.3 is 0 Å². The zero-order valence-corrected chi connectivity index (χ0v) is 15.4. The molecule has 138 valence electrons. The fourth-order valence-electron chi connectivity index (χ4n) is 2.50. The number of rotatable bonds is 7. The van der Waals surface area contributed by atoms with E-state index in [4.69, 9.17) is 4.74 Å². The smallest absolute Gasteiger partial charge is 0.276 e. The van der Waals surface area contributed by atoms with Crippen LogP contribution in [0.25, 0.3) is 0 Å². The van der Waals surface area contributed by atoms with Crippen LogP contribution in [0.3, 0.4) is 0 Å². The van der Waals surface area contributed by atoms with Crippen molar-refractivity contribution in [2.75, 3.05) is 24.6 Å². The lowest BCUT2D eigenvalue weighted by molar-refractivity contribution is -0.123. The van der Waals surface area contributed by atoms with Gasteiger partial charge < -0.3 is 9.64 Å². The van der Waals surface area contributed by atoms with Crippen LogP contribution in [0.1, 0.15) is 29.8 Å². The Bertz CT molecular complexity index is 740. The second-order valence-electron chi connectivity index (χ2n) is 5.83. The van der Waals surface area contributed by atoms with Gasteiger partial charge in [-0.2, -0.15) is 0 Å². The second kappa shape index (κ2) is 9.46. The van der Waals surface area contributed by atoms with Gasteiger partial charge in [-0.3, -0.25) is 20.4 Å². The van der Waals surface area contributed by atoms with Gasteiger partial charge in [-0.15, -0.1) is 0 Å². The maximum atomic E-state index is 12.1. The van der Waals surface area contributed by atoms with Crippen molar-refractivity contribution in [3.05, 3.63) is 59.7 Å². The Balaban J connectivity index is 1.81. The maximum absolute atomic E-state index is 12.1. The van der Waals surface area contributed by atoms with Gasteiger partial charge in [0.15, 0.2) is 6.61 Å². The Labute approximate surface area is 154 Å². The second-order valence-corrected chi connectivity index (χ2v) is 5.83. The van der Waals surface area contributed by atoms with E-state index in [1.807, 2.05) is 37.3 Å². The Hall–Kier alpha value is -3.02. The van der Waals surface area contributed by atoms with Crippen LogP contribution in [0.15, 0.2) is 48.5 Å². The van der Waals surface area contributed by atoms with Crippen molar-refractivity contribution in [1.82, 2.24) is 10.9 Å². The largest absolute Gasteiger partial charge is 0.484 e. The van der Waals surface area contributed by atoms with Crippen molar-refractivity contribution in [3.8, 4) is 5.75 Å². The molecule has 26 heavy (non-hydrogen) atoms. The summed E-state index contributed by atoms with van der Waals surface area (Å²) in [6.45, 7) is 7.73. The van der Waals surface area contributed by atoms with Gasteiger partial charge in [0, 0.05) is 24.3 Å². The highest BCUT2D eigenvalue weighted by Gasteiger charge is 2.09. The molecule has 0 unspecified atom stereocenters. The topological polar surface area (TPSA) is 70.7 Å². The monoisotopic (exact) mass is 355 g/mol. The number of nitrogens with zero attached hydrogens (tertiary/aromatic N) is 1. The average molecular weight is 355 g/mol. The molecule has 0 aliphatic carbocycles. The molecule has 2 aromatic carbocycles. The van der Waals surface area contributed by atoms with Gasteiger partial charge in [-0.1, -0.05) is 12.1 Å². The standard InChI is InChI=1S/C20H25N3O3/c1-4-23(5-2)17-11-9-16(10-12-17)20(25)22-21-19(24)14-26-18-8-6-7-15(3)13-18/h6-13H,4-5,14H2,1-3H3,(H,21,24)(H,22,25). The zero-order valence-electron chi connectivity index (χ0n) is 15.4. The van der Waals surface area contributed by atoms with Gasteiger partial charge in [0.05, 0.1) is 0 Å². The number of hydrazine groups is 1. The molecule has 0 aliphatic heterocycles. The third kappa shape index (κ3) is 5.51. The first kappa shape index (κ1) is 19.3. The first-order chi connectivity index (χ1) is 12.5. The van der Waals surface area contributed by atoms with E-state index in [0.29, 0.717) is 11.3 Å². The molecule has 0 saturated heterocycles. The van der Waals surface area contributed by atoms with Crippen molar-refractivity contribution >= 4 is 17.5 Å². The molecule has 0 fully saturated rings. The molecule has 6 heteroatoms. The fourth-order valence-corrected chi connectivity index (χ4v) is 2.50. The summed E-state index contributed by atoms with van der Waals surface area (Å²) in [6.07, 6.45) is 0. The summed E-state index contributed by atoms with van der Waals surface area (Å²) < 4.78 is 5.38. The summed E-state index contributed by atoms with van der Waals surface area (Å²) in [4.78, 5) is 26.1. The summed E-state index contributed by atoms with van der Waals surface area (Å²) in [5.41, 5.74) is 7.32. The summed E-state index contributed by atoms with van der Waals surface area (Å²) >= 11 is 0. The molecule has 0 radical (unpaired) electrons. The van der Waals surface area contributed by atoms with E-state index in [2.05, 4.69) is 29.6 Å². The van der Waals surface area contributed by atoms with Crippen molar-refractivity contribution in [1.29, 1.82) is 0 Å². The Morgan fingerprint density at radius 3 is 2.31 bits per heavy atom. The molecule has 2 aromatic rings. The fraction of sp³-hybridized carbons (Fsp3) is 0.300. The average Bonchev–Trinajstić information content (AvgIpc) is 2.66. The molecule has 2 rings (SSSR count). The van der Waals surface area contributed by atoms with Crippen LogP contribution in [-0.2, 0) is 4.79 Å². The lowest BCUT2D eigenvalue weighted by atomic mass is 10.2. The van der Waals surface area contributed by atoms with Crippen molar-refractivity contribution in [3.63, 3.8) is 0 Å². The number of anilines is 1. The highest BCUT2D eigenvalue weighted by Crippen LogP contribution is 2.15. The van der Waals surface area contributed by atoms with Gasteiger partial charge in [-0.25, -0.2) is 0 Å². The molecule has 0 bridgehead atoms. The van der Waals surface area contributed by atoms with Crippen LogP contribution in [0.2, 0.25) is 0 Å². The minimum Gasteiger partial charge on any atom is -0.484 e. The van der Waals surface area contributed by atoms with E-state index in [1.165, 1.54) is 0 Å². The van der Waals surface area contributed by atoms with Crippen LogP contribution >= 0.6 is 0 Å². The Morgan fingerprint density at radius 1 is 1.00 bits per heavy atom. The Kier molecular flexibility index (Phi) is 7.02. The van der Waals surface area contributed by atoms with Crippen LogP contribution in [0.5, 0.6) is 5.75 Å². The molecule has 0 aliphatic rings. The number of nitrogens with one attached hydrogen (secondary N) is 2. The quantitative estimate of drug-likeness (QED) is 0.749. The van der Waals surface area contributed by atoms with E-state index in [0.717, 1.165) is 24.3 Å². The number of carbonyl (C=O) groups is 2. The highest BCUT2D eigenvalue weighted by molar-refractivity contribution is 5.95. The van der Waals surface area contributed by atoms with E-state index in [9.17, 15) is 9.59 Å². The highest BCUT2D eigenvalue weighted by atomic mass is 16.5. The van der Waals surface area contributed by atoms with Crippen LogP contribution in [-0.4, -0.2) is 31.5 Å². The molecule has 0 aromatic heterocycles. The van der Waals surface area contributed by atoms with Crippen LogP contribution in [0, 0.1) is 6.92 Å². The SMILES string of the molecule is CCN(CC)c1ccc(C(=O)NNC(=O)COc2cccc(C)c2)cc1. The predicted molar refractivity (Wildman–Crippen MR) is 102 cm³/mol. The summed E-state index contributed by atoms with van der Waals surface area (Å²) in [5.74, 6) is -0.196. The maximum Gasteiger partial charge on any atom is 0.276 e. The Morgan fingerprint density at radius 2 is 1.69 bits per heavy atom. The third-order valence-corrected chi connectivity index (χ3v) is 3.93. The summed E-state index contributed by atoms with van der Waals surface area (Å²) in [7, 11) is 0. The molecule has 0 heterocycles. The van der Waals surface area contributed by atoms with Gasteiger partial charge in [-0.05, 0) is 62.7 Å². The normalized spacial score (nSPS) is 10.1. The number of carbonyl (C=O) groups excluding carboxylic acids is 2. The van der Waals surface area contributed by atoms with Crippen molar-refractivity contribution in [2.24, 2.45) is 0 Å². The van der Waals surface area contributed by atoms with Gasteiger partial charge in [0.25, 0.3) is 11.8 Å². The molecule has 2 N–H and O–H groups in total. The van der Waals surface area contributed by atoms with E-state index < -0.39 is 5.91 Å². The molecule has 0 atom stereocenters. The minimum atomic E-state index is -0.431. The first-order valence-electron chi connectivity index (χ1n) is 8.67. The lowest BCUT2D eigenvalue weighted by Gasteiger charge is -2.21. The summed E-state index contributed by atoms with van der Waals surface area (Å²) in [6, 6.07) is 14.7. The van der Waals surface area contributed by atoms with Crippen LogP contribution in [0.4, 0.5) is 5.69 Å². The van der Waals surface area contributed by atoms with E-state index >= 15 is 0 Å². The minimum absolute atomic E-state index is 0.176. The van der Waals surface area contributed by atoms with E-state index in [1.54, 1.807) is 18.2 Å². The lowest BCUT2D eigenvalue weighted by Crippen LogP contribution is -2.43. The third-order valence-electron chi connectivity index (χ3n) is 3.93. The number of aryl methyl sites for hydroxylation is 1. The van der Waals surface area contributed by atoms with E-state index in [-0.39, 0.29) is 12.5 Å². The molecular weight excluding hydrogens is 330 g/mol. The van der Waals surface area contributed by atoms with Crippen LogP contribution < -0.4 is 20.5 Å².